The molecule has 0 aromatic heterocycles. The van der Waals surface area contributed by atoms with Crippen LogP contribution in [0, 0.1) is 11.8 Å². The molecule has 1 aromatic carbocycles. The first-order chi connectivity index (χ1) is 12.4. The highest BCUT2D eigenvalue weighted by Crippen LogP contribution is 2.49. The van der Waals surface area contributed by atoms with Crippen molar-refractivity contribution in [2.75, 3.05) is 24.5 Å². The highest BCUT2D eigenvalue weighted by molar-refractivity contribution is 5.52. The van der Waals surface area contributed by atoms with Gasteiger partial charge in [0.1, 0.15) is 0 Å². The minimum absolute atomic E-state index is 0.488. The Hall–Kier alpha value is -1.02. The van der Waals surface area contributed by atoms with E-state index in [4.69, 9.17) is 0 Å². The Balaban J connectivity index is 1.21. The molecule has 5 rings (SSSR count). The lowest BCUT2D eigenvalue weighted by molar-refractivity contribution is -0.0354. The summed E-state index contributed by atoms with van der Waals surface area (Å²) in [5, 5.41) is 0. The number of para-hydroxylation sites is 1. The van der Waals surface area contributed by atoms with Crippen LogP contribution in [0.2, 0.25) is 0 Å². The minimum Gasteiger partial charge on any atom is -0.366 e. The van der Waals surface area contributed by atoms with E-state index in [1.54, 1.807) is 0 Å². The van der Waals surface area contributed by atoms with Gasteiger partial charge in [0, 0.05) is 36.9 Å². The quantitative estimate of drug-likeness (QED) is 0.741. The van der Waals surface area contributed by atoms with Gasteiger partial charge in [0.15, 0.2) is 0 Å². The first-order valence-corrected chi connectivity index (χ1v) is 10.9. The Bertz CT molecular complexity index is 575. The number of rotatable bonds is 2. The van der Waals surface area contributed by atoms with Crippen molar-refractivity contribution in [3.8, 4) is 0 Å². The van der Waals surface area contributed by atoms with Crippen LogP contribution in [0.1, 0.15) is 64.2 Å². The molecular formula is C23H34N2. The zero-order valence-corrected chi connectivity index (χ0v) is 15.7. The second kappa shape index (κ2) is 6.61. The first kappa shape index (κ1) is 16.2. The fraction of sp³-hybridized carbons (Fsp3) is 0.739. The summed E-state index contributed by atoms with van der Waals surface area (Å²) >= 11 is 0. The van der Waals surface area contributed by atoms with Crippen molar-refractivity contribution in [1.29, 1.82) is 0 Å². The van der Waals surface area contributed by atoms with Gasteiger partial charge in [-0.1, -0.05) is 50.3 Å². The molecule has 4 fully saturated rings. The summed E-state index contributed by atoms with van der Waals surface area (Å²) in [6, 6.07) is 12.1. The molecule has 25 heavy (non-hydrogen) atoms. The van der Waals surface area contributed by atoms with E-state index < -0.39 is 0 Å². The van der Waals surface area contributed by atoms with E-state index in [2.05, 4.69) is 40.1 Å². The summed E-state index contributed by atoms with van der Waals surface area (Å²) in [6.07, 6.45) is 14.7. The normalized spacial score (nSPS) is 35.2. The summed E-state index contributed by atoms with van der Waals surface area (Å²) in [5.74, 6) is 2.12. The summed E-state index contributed by atoms with van der Waals surface area (Å²) in [4.78, 5) is 5.61. The van der Waals surface area contributed by atoms with Crippen LogP contribution < -0.4 is 4.90 Å². The van der Waals surface area contributed by atoms with Gasteiger partial charge in [0.05, 0.1) is 0 Å². The van der Waals surface area contributed by atoms with Gasteiger partial charge in [0.25, 0.3) is 0 Å². The molecule has 0 N–H and O–H groups in total. The average Bonchev–Trinajstić information content (AvgIpc) is 2.61. The predicted octanol–water partition coefficient (Wildman–Crippen LogP) is 5.09. The molecule has 4 aliphatic rings. The van der Waals surface area contributed by atoms with Crippen LogP contribution in [0.3, 0.4) is 0 Å². The molecule has 0 radical (unpaired) electrons. The fourth-order valence-electron chi connectivity index (χ4n) is 6.44. The van der Waals surface area contributed by atoms with Crippen molar-refractivity contribution < 1.29 is 0 Å². The van der Waals surface area contributed by atoms with Crippen LogP contribution in [-0.4, -0.2) is 36.1 Å². The molecule has 2 nitrogen and oxygen atoms in total. The summed E-state index contributed by atoms with van der Waals surface area (Å²) < 4.78 is 0. The number of piperidine rings is 1. The zero-order valence-electron chi connectivity index (χ0n) is 15.7. The van der Waals surface area contributed by atoms with Crippen molar-refractivity contribution in [3.05, 3.63) is 30.3 Å². The number of anilines is 1. The van der Waals surface area contributed by atoms with E-state index >= 15 is 0 Å². The maximum Gasteiger partial charge on any atom is 0.0443 e. The molecule has 136 valence electrons. The third-order valence-electron chi connectivity index (χ3n) is 8.15. The third kappa shape index (κ3) is 2.81. The highest BCUT2D eigenvalue weighted by Gasteiger charge is 2.50. The van der Waals surface area contributed by atoms with Crippen LogP contribution in [0.15, 0.2) is 30.3 Å². The van der Waals surface area contributed by atoms with E-state index in [-0.39, 0.29) is 0 Å². The summed E-state index contributed by atoms with van der Waals surface area (Å²) in [6.45, 7) is 3.95. The largest absolute Gasteiger partial charge is 0.366 e. The van der Waals surface area contributed by atoms with Crippen LogP contribution in [0.5, 0.6) is 0 Å². The van der Waals surface area contributed by atoms with Gasteiger partial charge in [-0.25, -0.2) is 0 Å². The maximum atomic E-state index is 2.90. The SMILES string of the molecule is c1ccc(N2CCC23CCN(C2CC4CCCCCCC42)CC3)cc1. The number of likely N-dealkylation sites (tertiary alicyclic amines) is 1. The first-order valence-electron chi connectivity index (χ1n) is 10.9. The smallest absolute Gasteiger partial charge is 0.0443 e. The topological polar surface area (TPSA) is 6.48 Å². The van der Waals surface area contributed by atoms with Crippen molar-refractivity contribution >= 4 is 5.69 Å². The molecule has 2 saturated heterocycles. The van der Waals surface area contributed by atoms with Crippen LogP contribution >= 0.6 is 0 Å². The third-order valence-corrected chi connectivity index (χ3v) is 8.15. The molecule has 2 heterocycles. The lowest BCUT2D eigenvalue weighted by atomic mass is 9.62. The van der Waals surface area contributed by atoms with Gasteiger partial charge in [0.2, 0.25) is 0 Å². The van der Waals surface area contributed by atoms with Crippen molar-refractivity contribution in [3.63, 3.8) is 0 Å². The number of fused-ring (bicyclic) bond motifs is 1. The van der Waals surface area contributed by atoms with Crippen molar-refractivity contribution in [2.45, 2.75) is 75.8 Å². The van der Waals surface area contributed by atoms with Gasteiger partial charge >= 0.3 is 0 Å². The maximum absolute atomic E-state index is 2.90. The van der Waals surface area contributed by atoms with Gasteiger partial charge in [-0.2, -0.15) is 0 Å². The molecule has 1 aromatic rings. The summed E-state index contributed by atoms with van der Waals surface area (Å²) in [5.41, 5.74) is 1.94. The molecule has 0 amide bonds. The second-order valence-corrected chi connectivity index (χ2v) is 9.22. The molecule has 2 aliphatic carbocycles. The summed E-state index contributed by atoms with van der Waals surface area (Å²) in [7, 11) is 0. The van der Waals surface area contributed by atoms with Gasteiger partial charge in [-0.15, -0.1) is 0 Å². The van der Waals surface area contributed by atoms with Crippen molar-refractivity contribution in [1.82, 2.24) is 4.90 Å². The van der Waals surface area contributed by atoms with E-state index in [1.165, 1.54) is 89.5 Å². The predicted molar refractivity (Wildman–Crippen MR) is 105 cm³/mol. The second-order valence-electron chi connectivity index (χ2n) is 9.22. The number of benzene rings is 1. The van der Waals surface area contributed by atoms with E-state index in [0.29, 0.717) is 5.54 Å². The van der Waals surface area contributed by atoms with Crippen molar-refractivity contribution in [2.24, 2.45) is 11.8 Å². The molecule has 3 unspecified atom stereocenters. The Morgan fingerprint density at radius 2 is 1.52 bits per heavy atom. The molecule has 2 heteroatoms. The monoisotopic (exact) mass is 338 g/mol. The van der Waals surface area contributed by atoms with Gasteiger partial charge in [-0.05, 0) is 56.1 Å². The number of nitrogens with zero attached hydrogens (tertiary/aromatic N) is 2. The lowest BCUT2D eigenvalue weighted by Crippen LogP contribution is -2.66. The number of hydrogen-bond donors (Lipinski definition) is 0. The van der Waals surface area contributed by atoms with Gasteiger partial charge < -0.3 is 4.90 Å². The van der Waals surface area contributed by atoms with E-state index in [0.717, 1.165) is 17.9 Å². The van der Waals surface area contributed by atoms with E-state index in [1.807, 2.05) is 0 Å². The molecule has 2 aliphatic heterocycles. The Morgan fingerprint density at radius 1 is 0.800 bits per heavy atom. The molecule has 0 bridgehead atoms. The highest BCUT2D eigenvalue weighted by atomic mass is 15.3. The fourth-order valence-corrected chi connectivity index (χ4v) is 6.44. The van der Waals surface area contributed by atoms with Crippen LogP contribution in [0.25, 0.3) is 0 Å². The number of hydrogen-bond acceptors (Lipinski definition) is 2. The van der Waals surface area contributed by atoms with Crippen LogP contribution in [0.4, 0.5) is 5.69 Å². The van der Waals surface area contributed by atoms with Gasteiger partial charge in [-0.3, -0.25) is 4.90 Å². The lowest BCUT2D eigenvalue weighted by Gasteiger charge is -2.60. The average molecular weight is 339 g/mol. The standard InChI is InChI=1S/C23H34N2/c1-2-7-11-21-19(8-4-1)18-22(21)24-15-12-23(13-16-24)14-17-25(23)20-9-5-3-6-10-20/h3,5-6,9-10,19,21-22H,1-2,4,7-8,11-18H2. The molecule has 2 saturated carbocycles. The Morgan fingerprint density at radius 3 is 2.24 bits per heavy atom. The molecule has 3 atom stereocenters. The zero-order chi connectivity index (χ0) is 16.7. The molecule has 1 spiro atoms. The minimum atomic E-state index is 0.488. The Labute approximate surface area is 153 Å². The van der Waals surface area contributed by atoms with E-state index in [9.17, 15) is 0 Å². The Kier molecular flexibility index (Phi) is 4.28. The molecular weight excluding hydrogens is 304 g/mol. The van der Waals surface area contributed by atoms with Crippen LogP contribution in [-0.2, 0) is 0 Å².